The normalized spacial score (nSPS) is 13.8. The minimum absolute atomic E-state index is 0.0736. The molecule has 0 saturated carbocycles. The summed E-state index contributed by atoms with van der Waals surface area (Å²) in [5.74, 6) is 1.76. The fraction of sp³-hybridized carbons (Fsp3) is 0.600. The number of hydrogen-bond acceptors (Lipinski definition) is 5. The monoisotopic (exact) mass is 294 g/mol. The lowest BCUT2D eigenvalue weighted by molar-refractivity contribution is 0.570. The van der Waals surface area contributed by atoms with Gasteiger partial charge in [0.25, 0.3) is 0 Å². The Kier molecular flexibility index (Phi) is 5.94. The number of thiophene rings is 1. The van der Waals surface area contributed by atoms with E-state index in [1.54, 1.807) is 23.2 Å². The maximum Gasteiger partial charge on any atom is 0.241 e. The van der Waals surface area contributed by atoms with Crippen LogP contribution in [0.15, 0.2) is 16.3 Å². The van der Waals surface area contributed by atoms with E-state index in [0.717, 1.165) is 11.5 Å². The number of sulfonamides is 1. The van der Waals surface area contributed by atoms with Gasteiger partial charge in [-0.25, -0.2) is 13.1 Å². The second kappa shape index (κ2) is 6.75. The molecule has 0 amide bonds. The number of rotatable bonds is 7. The second-order valence-electron chi connectivity index (χ2n) is 3.59. The van der Waals surface area contributed by atoms with Crippen molar-refractivity contribution in [2.75, 3.05) is 11.5 Å². The maximum absolute atomic E-state index is 12.1. The van der Waals surface area contributed by atoms with Gasteiger partial charge >= 0.3 is 0 Å². The van der Waals surface area contributed by atoms with E-state index in [1.807, 2.05) is 6.92 Å². The van der Waals surface area contributed by atoms with Crippen LogP contribution in [0.5, 0.6) is 0 Å². The molecular weight excluding hydrogens is 276 g/mol. The van der Waals surface area contributed by atoms with Crippen LogP contribution < -0.4 is 10.5 Å². The van der Waals surface area contributed by atoms with E-state index in [0.29, 0.717) is 9.77 Å². The van der Waals surface area contributed by atoms with E-state index in [1.165, 1.54) is 11.3 Å². The first-order valence-electron chi connectivity index (χ1n) is 5.37. The summed E-state index contributed by atoms with van der Waals surface area (Å²) >= 11 is 3.09. The van der Waals surface area contributed by atoms with Gasteiger partial charge in [0.2, 0.25) is 10.0 Å². The number of nitrogens with two attached hydrogens (primary N) is 1. The topological polar surface area (TPSA) is 72.2 Å². The third-order valence-electron chi connectivity index (χ3n) is 2.11. The Hall–Kier alpha value is -0.0800. The zero-order chi connectivity index (χ0) is 12.9. The van der Waals surface area contributed by atoms with Gasteiger partial charge in [-0.05, 0) is 24.1 Å². The molecule has 98 valence electrons. The highest BCUT2D eigenvalue weighted by Gasteiger charge is 2.21. The van der Waals surface area contributed by atoms with Gasteiger partial charge in [0.1, 0.15) is 0 Å². The summed E-state index contributed by atoms with van der Waals surface area (Å²) in [5.41, 5.74) is 5.52. The molecule has 17 heavy (non-hydrogen) atoms. The predicted molar refractivity (Wildman–Crippen MR) is 75.0 cm³/mol. The summed E-state index contributed by atoms with van der Waals surface area (Å²) in [6, 6.07) is 1.53. The van der Waals surface area contributed by atoms with Crippen molar-refractivity contribution in [1.82, 2.24) is 4.72 Å². The molecule has 1 atom stereocenters. The third kappa shape index (κ3) is 4.26. The third-order valence-corrected chi connectivity index (χ3v) is 6.00. The predicted octanol–water partition coefficient (Wildman–Crippen LogP) is 1.63. The van der Waals surface area contributed by atoms with Crippen molar-refractivity contribution >= 4 is 33.1 Å². The van der Waals surface area contributed by atoms with Crippen molar-refractivity contribution in [2.24, 2.45) is 5.73 Å². The van der Waals surface area contributed by atoms with Crippen LogP contribution in [-0.2, 0) is 16.6 Å². The van der Waals surface area contributed by atoms with E-state index in [4.69, 9.17) is 5.73 Å². The van der Waals surface area contributed by atoms with Crippen LogP contribution in [0.1, 0.15) is 18.7 Å². The Morgan fingerprint density at radius 1 is 1.59 bits per heavy atom. The van der Waals surface area contributed by atoms with E-state index in [2.05, 4.69) is 11.6 Å². The highest BCUT2D eigenvalue weighted by Crippen LogP contribution is 2.21. The summed E-state index contributed by atoms with van der Waals surface area (Å²) in [6.45, 7) is 4.18. The summed E-state index contributed by atoms with van der Waals surface area (Å²) in [7, 11) is -3.42. The van der Waals surface area contributed by atoms with E-state index >= 15 is 0 Å². The number of nitrogens with one attached hydrogen (secondary N) is 1. The average molecular weight is 294 g/mol. The van der Waals surface area contributed by atoms with Crippen LogP contribution >= 0.6 is 23.1 Å². The molecule has 0 radical (unpaired) electrons. The van der Waals surface area contributed by atoms with Crippen LogP contribution in [0, 0.1) is 0 Å². The van der Waals surface area contributed by atoms with Crippen molar-refractivity contribution in [3.8, 4) is 0 Å². The number of hydrogen-bond donors (Lipinski definition) is 2. The van der Waals surface area contributed by atoms with Gasteiger partial charge in [0.15, 0.2) is 0 Å². The van der Waals surface area contributed by atoms with Crippen LogP contribution in [0.25, 0.3) is 0 Å². The van der Waals surface area contributed by atoms with Gasteiger partial charge in [-0.15, -0.1) is 11.3 Å². The molecule has 1 aromatic heterocycles. The molecule has 3 N–H and O–H groups in total. The van der Waals surface area contributed by atoms with Crippen LogP contribution in [0.3, 0.4) is 0 Å². The first kappa shape index (κ1) is 15.0. The fourth-order valence-electron chi connectivity index (χ4n) is 1.37. The van der Waals surface area contributed by atoms with E-state index in [-0.39, 0.29) is 12.6 Å². The minimum atomic E-state index is -3.42. The van der Waals surface area contributed by atoms with Crippen molar-refractivity contribution in [2.45, 2.75) is 31.3 Å². The Morgan fingerprint density at radius 3 is 2.88 bits per heavy atom. The van der Waals surface area contributed by atoms with Gasteiger partial charge in [0.05, 0.1) is 4.90 Å². The first-order chi connectivity index (χ1) is 8.01. The number of thioether (sulfide) groups is 1. The Morgan fingerprint density at radius 2 is 2.29 bits per heavy atom. The molecule has 1 aromatic rings. The standard InChI is InChI=1S/C10H18N2O2S3/c1-3-15-7-8(2)12-17(13,14)10-4-5-16-9(10)6-11/h4-5,8,12H,3,6-7,11H2,1-2H3. The lowest BCUT2D eigenvalue weighted by atomic mass is 10.4. The van der Waals surface area contributed by atoms with E-state index < -0.39 is 10.0 Å². The van der Waals surface area contributed by atoms with Gasteiger partial charge in [0, 0.05) is 23.2 Å². The van der Waals surface area contributed by atoms with Crippen LogP contribution in [0.4, 0.5) is 0 Å². The van der Waals surface area contributed by atoms with Gasteiger partial charge < -0.3 is 5.73 Å². The quantitative estimate of drug-likeness (QED) is 0.801. The lowest BCUT2D eigenvalue weighted by Crippen LogP contribution is -2.34. The zero-order valence-electron chi connectivity index (χ0n) is 9.97. The molecule has 0 aliphatic heterocycles. The Labute approximate surface area is 111 Å². The molecular formula is C10H18N2O2S3. The fourth-order valence-corrected chi connectivity index (χ4v) is 4.73. The van der Waals surface area contributed by atoms with E-state index in [9.17, 15) is 8.42 Å². The average Bonchev–Trinajstić information content (AvgIpc) is 2.74. The first-order valence-corrected chi connectivity index (χ1v) is 8.89. The molecule has 0 bridgehead atoms. The SMILES string of the molecule is CCSCC(C)NS(=O)(=O)c1ccsc1CN. The molecule has 0 fully saturated rings. The molecule has 0 aliphatic carbocycles. The van der Waals surface area contributed by atoms with Crippen molar-refractivity contribution in [1.29, 1.82) is 0 Å². The summed E-state index contributed by atoms with van der Waals surface area (Å²) in [4.78, 5) is 1.02. The Balaban J connectivity index is 2.75. The Bertz CT molecular complexity index is 442. The summed E-state index contributed by atoms with van der Waals surface area (Å²) < 4.78 is 26.8. The van der Waals surface area contributed by atoms with Crippen LogP contribution in [-0.4, -0.2) is 26.0 Å². The highest BCUT2D eigenvalue weighted by atomic mass is 32.2. The van der Waals surface area contributed by atoms with Crippen molar-refractivity contribution < 1.29 is 8.42 Å². The summed E-state index contributed by atoms with van der Waals surface area (Å²) in [5, 5.41) is 1.75. The molecule has 0 aromatic carbocycles. The van der Waals surface area contributed by atoms with Gasteiger partial charge in [-0.1, -0.05) is 6.92 Å². The van der Waals surface area contributed by atoms with Gasteiger partial charge in [-0.3, -0.25) is 0 Å². The van der Waals surface area contributed by atoms with Gasteiger partial charge in [-0.2, -0.15) is 11.8 Å². The molecule has 1 rings (SSSR count). The van der Waals surface area contributed by atoms with Crippen molar-refractivity contribution in [3.63, 3.8) is 0 Å². The molecule has 1 unspecified atom stereocenters. The zero-order valence-corrected chi connectivity index (χ0v) is 12.4. The lowest BCUT2D eigenvalue weighted by Gasteiger charge is -2.13. The molecule has 1 heterocycles. The maximum atomic E-state index is 12.1. The molecule has 4 nitrogen and oxygen atoms in total. The van der Waals surface area contributed by atoms with Crippen molar-refractivity contribution in [3.05, 3.63) is 16.3 Å². The largest absolute Gasteiger partial charge is 0.326 e. The molecule has 0 aliphatic rings. The molecule has 0 spiro atoms. The molecule has 7 heteroatoms. The highest BCUT2D eigenvalue weighted by molar-refractivity contribution is 7.99. The molecule has 0 saturated heterocycles. The van der Waals surface area contributed by atoms with Crippen LogP contribution in [0.2, 0.25) is 0 Å². The smallest absolute Gasteiger partial charge is 0.241 e. The minimum Gasteiger partial charge on any atom is -0.326 e. The summed E-state index contributed by atoms with van der Waals surface area (Å²) in [6.07, 6.45) is 0. The second-order valence-corrected chi connectivity index (χ2v) is 7.60.